The van der Waals surface area contributed by atoms with Crippen molar-refractivity contribution in [3.8, 4) is 0 Å². The molecule has 0 aliphatic carbocycles. The molecule has 0 aromatic carbocycles. The number of nitrogens with one attached hydrogen (secondary N) is 1. The normalized spacial score (nSPS) is 9.25. The van der Waals surface area contributed by atoms with E-state index in [0.717, 1.165) is 17.7 Å². The van der Waals surface area contributed by atoms with Gasteiger partial charge in [-0.2, -0.15) is 0 Å². The molecule has 0 saturated heterocycles. The standard InChI is InChI=1S/C12H25NO.C4H9N3O2.Na.H/c1-2-3-4-5-6-7-8-9-10-11-12(13)14;1-7(4(5)6)2-3(8)9;;/h2-11H2,1H3,(H2,13,14);2H2,1H3,(H3,5,6)(H,8,9);;. The summed E-state index contributed by atoms with van der Waals surface area (Å²) in [5, 5.41) is 14.9. The van der Waals surface area contributed by atoms with E-state index in [-0.39, 0.29) is 48.0 Å². The van der Waals surface area contributed by atoms with Crippen molar-refractivity contribution in [2.45, 2.75) is 71.1 Å². The van der Waals surface area contributed by atoms with Crippen molar-refractivity contribution in [3.05, 3.63) is 0 Å². The number of carboxylic acid groups (broad SMARTS) is 1. The van der Waals surface area contributed by atoms with Gasteiger partial charge in [-0.15, -0.1) is 0 Å². The zero-order valence-electron chi connectivity index (χ0n) is 14.6. The third-order valence-corrected chi connectivity index (χ3v) is 3.31. The fourth-order valence-corrected chi connectivity index (χ4v) is 1.90. The molecule has 0 atom stereocenters. The van der Waals surface area contributed by atoms with Crippen LogP contribution in [0.4, 0.5) is 0 Å². The first kappa shape index (κ1) is 28.0. The third kappa shape index (κ3) is 26.1. The van der Waals surface area contributed by atoms with Crippen LogP contribution in [-0.2, 0) is 9.59 Å². The Morgan fingerprint density at radius 3 is 1.67 bits per heavy atom. The number of primary amides is 1. The Morgan fingerprint density at radius 2 is 1.38 bits per heavy atom. The Hall–Kier alpha value is -0.790. The van der Waals surface area contributed by atoms with E-state index in [2.05, 4.69) is 6.92 Å². The first-order valence-electron chi connectivity index (χ1n) is 8.36. The van der Waals surface area contributed by atoms with Gasteiger partial charge in [-0.05, 0) is 6.42 Å². The van der Waals surface area contributed by atoms with Crippen LogP contribution in [0.5, 0.6) is 0 Å². The van der Waals surface area contributed by atoms with E-state index >= 15 is 0 Å². The summed E-state index contributed by atoms with van der Waals surface area (Å²) in [4.78, 5) is 21.5. The van der Waals surface area contributed by atoms with E-state index in [4.69, 9.17) is 22.0 Å². The molecule has 138 valence electrons. The molecular weight excluding hydrogens is 319 g/mol. The van der Waals surface area contributed by atoms with Crippen LogP contribution in [0.2, 0.25) is 0 Å². The van der Waals surface area contributed by atoms with Crippen molar-refractivity contribution in [1.82, 2.24) is 4.90 Å². The van der Waals surface area contributed by atoms with Gasteiger partial charge in [0, 0.05) is 13.5 Å². The zero-order chi connectivity index (χ0) is 18.1. The van der Waals surface area contributed by atoms with Crippen molar-refractivity contribution in [2.24, 2.45) is 11.5 Å². The number of nitrogens with zero attached hydrogens (tertiary/aromatic N) is 1. The van der Waals surface area contributed by atoms with Crippen molar-refractivity contribution >= 4 is 47.4 Å². The van der Waals surface area contributed by atoms with Gasteiger partial charge in [0.2, 0.25) is 5.91 Å². The van der Waals surface area contributed by atoms with Gasteiger partial charge in [0.1, 0.15) is 6.54 Å². The van der Waals surface area contributed by atoms with Crippen LogP contribution in [0.1, 0.15) is 71.1 Å². The molecule has 0 aromatic heterocycles. The van der Waals surface area contributed by atoms with Gasteiger partial charge < -0.3 is 21.5 Å². The number of unbranched alkanes of at least 4 members (excludes halogenated alkanes) is 8. The molecule has 0 aliphatic rings. The van der Waals surface area contributed by atoms with Crippen LogP contribution in [0, 0.1) is 5.41 Å². The summed E-state index contributed by atoms with van der Waals surface area (Å²) in [5.74, 6) is -1.39. The predicted molar refractivity (Wildman–Crippen MR) is 100 cm³/mol. The van der Waals surface area contributed by atoms with Gasteiger partial charge in [-0.25, -0.2) is 0 Å². The fraction of sp³-hybridized carbons (Fsp3) is 0.812. The van der Waals surface area contributed by atoms with Gasteiger partial charge in [-0.3, -0.25) is 15.0 Å². The van der Waals surface area contributed by atoms with Crippen LogP contribution in [-0.4, -0.2) is 71.0 Å². The topological polar surface area (TPSA) is 134 Å². The van der Waals surface area contributed by atoms with E-state index in [1.165, 1.54) is 52.0 Å². The summed E-state index contributed by atoms with van der Waals surface area (Å²) < 4.78 is 0. The van der Waals surface area contributed by atoms with Gasteiger partial charge in [0.05, 0.1) is 0 Å². The number of carbonyl (C=O) groups is 2. The molecule has 0 spiro atoms. The molecule has 24 heavy (non-hydrogen) atoms. The molecule has 6 N–H and O–H groups in total. The summed E-state index contributed by atoms with van der Waals surface area (Å²) in [5.41, 5.74) is 9.98. The van der Waals surface area contributed by atoms with Crippen LogP contribution in [0.3, 0.4) is 0 Å². The molecule has 0 unspecified atom stereocenters. The van der Waals surface area contributed by atoms with Gasteiger partial charge >= 0.3 is 35.5 Å². The second kappa shape index (κ2) is 20.3. The second-order valence-electron chi connectivity index (χ2n) is 5.68. The number of amides is 1. The molecule has 8 heteroatoms. The summed E-state index contributed by atoms with van der Waals surface area (Å²) in [6, 6.07) is 0. The molecule has 0 saturated carbocycles. The number of guanidine groups is 1. The maximum absolute atomic E-state index is 10.4. The third-order valence-electron chi connectivity index (χ3n) is 3.31. The molecule has 0 fully saturated rings. The summed E-state index contributed by atoms with van der Waals surface area (Å²) in [6.07, 6.45) is 12.1. The molecule has 0 heterocycles. The minimum absolute atomic E-state index is 0. The molecule has 0 bridgehead atoms. The quantitative estimate of drug-likeness (QED) is 0.183. The van der Waals surface area contributed by atoms with E-state index in [1.54, 1.807) is 0 Å². The van der Waals surface area contributed by atoms with Crippen LogP contribution < -0.4 is 11.5 Å². The molecular formula is C16H35N4NaO3. The first-order valence-corrected chi connectivity index (χ1v) is 8.36. The SMILES string of the molecule is CCCCCCCCCCCC(N)=O.CN(CC(=O)O)C(=N)N.[NaH]. The maximum atomic E-state index is 10.4. The van der Waals surface area contributed by atoms with Gasteiger partial charge in [-0.1, -0.05) is 58.3 Å². The Labute approximate surface area is 168 Å². The number of nitrogens with two attached hydrogens (primary N) is 2. The Kier molecular flexibility index (Phi) is 23.7. The molecule has 7 nitrogen and oxygen atoms in total. The number of likely N-dealkylation sites (N-methyl/N-ethyl adjacent to an activating group) is 1. The Bertz CT molecular complexity index is 341. The monoisotopic (exact) mass is 354 g/mol. The van der Waals surface area contributed by atoms with E-state index in [0.29, 0.717) is 6.42 Å². The molecule has 0 radical (unpaired) electrons. The number of aliphatic carboxylic acids is 1. The van der Waals surface area contributed by atoms with Crippen molar-refractivity contribution in [2.75, 3.05) is 13.6 Å². The Morgan fingerprint density at radius 1 is 0.958 bits per heavy atom. The molecule has 0 rings (SSSR count). The van der Waals surface area contributed by atoms with Crippen molar-refractivity contribution in [1.29, 1.82) is 5.41 Å². The summed E-state index contributed by atoms with van der Waals surface area (Å²) in [6.45, 7) is 2.01. The first-order chi connectivity index (χ1) is 10.8. The van der Waals surface area contributed by atoms with Gasteiger partial charge in [0.25, 0.3) is 0 Å². The number of hydrogen-bond acceptors (Lipinski definition) is 3. The minimum atomic E-state index is -0.993. The molecule has 0 aliphatic heterocycles. The van der Waals surface area contributed by atoms with Gasteiger partial charge in [0.15, 0.2) is 5.96 Å². The van der Waals surface area contributed by atoms with Crippen LogP contribution in [0.15, 0.2) is 0 Å². The fourth-order valence-electron chi connectivity index (χ4n) is 1.90. The predicted octanol–water partition coefficient (Wildman–Crippen LogP) is 1.64. The second-order valence-corrected chi connectivity index (χ2v) is 5.68. The zero-order valence-corrected chi connectivity index (χ0v) is 14.6. The van der Waals surface area contributed by atoms with E-state index in [9.17, 15) is 9.59 Å². The van der Waals surface area contributed by atoms with Crippen molar-refractivity contribution < 1.29 is 14.7 Å². The number of rotatable bonds is 12. The summed E-state index contributed by atoms with van der Waals surface area (Å²) >= 11 is 0. The number of hydrogen-bond donors (Lipinski definition) is 4. The molecule has 0 aromatic rings. The van der Waals surface area contributed by atoms with E-state index in [1.807, 2.05) is 0 Å². The summed E-state index contributed by atoms with van der Waals surface area (Å²) in [7, 11) is 1.44. The number of carbonyl (C=O) groups excluding carboxylic acids is 1. The Balaban J connectivity index is -0.000000385. The van der Waals surface area contributed by atoms with Crippen LogP contribution in [0.25, 0.3) is 0 Å². The number of carboxylic acids is 1. The average Bonchev–Trinajstić information content (AvgIpc) is 2.45. The average molecular weight is 354 g/mol. The van der Waals surface area contributed by atoms with Crippen LogP contribution >= 0.6 is 0 Å². The van der Waals surface area contributed by atoms with Crippen molar-refractivity contribution in [3.63, 3.8) is 0 Å². The van der Waals surface area contributed by atoms with E-state index < -0.39 is 5.97 Å². The molecule has 1 amide bonds.